The highest BCUT2D eigenvalue weighted by Crippen LogP contribution is 2.60. The van der Waals surface area contributed by atoms with E-state index in [-0.39, 0.29) is 31.2 Å². The Morgan fingerprint density at radius 2 is 2.00 bits per heavy atom. The van der Waals surface area contributed by atoms with E-state index in [0.29, 0.717) is 24.2 Å². The maximum Gasteiger partial charge on any atom is 0.269 e. The summed E-state index contributed by atoms with van der Waals surface area (Å²) in [6, 6.07) is 11.7. The number of rotatable bonds is 7. The lowest BCUT2D eigenvalue weighted by Gasteiger charge is -2.31. The average Bonchev–Trinajstić information content (AvgIpc) is 3.49. The van der Waals surface area contributed by atoms with Gasteiger partial charge >= 0.3 is 0 Å². The summed E-state index contributed by atoms with van der Waals surface area (Å²) >= 11 is 0. The fourth-order valence-corrected chi connectivity index (χ4v) is 9.17. The predicted molar refractivity (Wildman–Crippen MR) is 142 cm³/mol. The molecule has 1 N–H and O–H groups in total. The fourth-order valence-electron chi connectivity index (χ4n) is 6.63. The molecule has 3 aliphatic heterocycles. The molecule has 3 aliphatic rings. The van der Waals surface area contributed by atoms with E-state index in [0.717, 1.165) is 17.7 Å². The number of aliphatic hydroxyl groups excluding tert-OH is 1. The van der Waals surface area contributed by atoms with Gasteiger partial charge in [0.05, 0.1) is 23.3 Å². The van der Waals surface area contributed by atoms with Crippen molar-refractivity contribution < 1.29 is 28.5 Å². The molecule has 2 aromatic rings. The number of aliphatic hydroxyl groups is 1. The van der Waals surface area contributed by atoms with Crippen LogP contribution in [0.1, 0.15) is 37.3 Å². The van der Waals surface area contributed by atoms with Gasteiger partial charge in [0.15, 0.2) is 5.60 Å². The minimum absolute atomic E-state index is 0.0585. The van der Waals surface area contributed by atoms with Gasteiger partial charge in [0.2, 0.25) is 14.3 Å². The molecule has 0 saturated carbocycles. The summed E-state index contributed by atoms with van der Waals surface area (Å²) < 4.78 is 22.1. The highest BCUT2D eigenvalue weighted by Gasteiger charge is 2.66. The van der Waals surface area contributed by atoms with Crippen molar-refractivity contribution in [3.8, 4) is 0 Å². The molecular formula is C27H32FN3O6Si. The Morgan fingerprint density at radius 3 is 2.63 bits per heavy atom. The third-order valence-electron chi connectivity index (χ3n) is 8.21. The Morgan fingerprint density at radius 1 is 1.24 bits per heavy atom. The summed E-state index contributed by atoms with van der Waals surface area (Å²) in [5, 5.41) is 21.4. The van der Waals surface area contributed by atoms with Crippen LogP contribution in [0.5, 0.6) is 0 Å². The summed E-state index contributed by atoms with van der Waals surface area (Å²) in [5.41, 5.74) is 0.0260. The monoisotopic (exact) mass is 541 g/mol. The summed E-state index contributed by atoms with van der Waals surface area (Å²) in [7, 11) is -3.37. The zero-order valence-electron chi connectivity index (χ0n) is 21.7. The molecule has 2 amide bonds. The van der Waals surface area contributed by atoms with Gasteiger partial charge in [0.25, 0.3) is 11.6 Å². The van der Waals surface area contributed by atoms with E-state index in [1.54, 1.807) is 35.9 Å². The number of hydrogen-bond donors (Lipinski definition) is 1. The van der Waals surface area contributed by atoms with Crippen molar-refractivity contribution in [1.82, 2.24) is 0 Å². The van der Waals surface area contributed by atoms with Gasteiger partial charge in [0.1, 0.15) is 0 Å². The number of non-ortho nitro benzene ring substituents is 1. The molecular weight excluding hydrogens is 509 g/mol. The van der Waals surface area contributed by atoms with Gasteiger partial charge in [-0.2, -0.15) is 0 Å². The Kier molecular flexibility index (Phi) is 6.65. The largest absolute Gasteiger partial charge is 0.396 e. The number of nitro groups is 1. The smallest absolute Gasteiger partial charge is 0.269 e. The van der Waals surface area contributed by atoms with Gasteiger partial charge in [-0.3, -0.25) is 19.7 Å². The molecule has 202 valence electrons. The Bertz CT molecular complexity index is 1300. The van der Waals surface area contributed by atoms with E-state index < -0.39 is 42.4 Å². The zero-order chi connectivity index (χ0) is 27.4. The van der Waals surface area contributed by atoms with Crippen LogP contribution in [-0.4, -0.2) is 49.5 Å². The van der Waals surface area contributed by atoms with E-state index >= 15 is 4.11 Å². The number of anilines is 2. The van der Waals surface area contributed by atoms with Gasteiger partial charge in [-0.25, -0.2) is 0 Å². The second-order valence-electron chi connectivity index (χ2n) is 11.0. The number of carbonyl (C=O) groups excluding carboxylic acids is 2. The van der Waals surface area contributed by atoms with Crippen molar-refractivity contribution in [2.45, 2.75) is 63.1 Å². The number of carbonyl (C=O) groups is 2. The van der Waals surface area contributed by atoms with Crippen molar-refractivity contribution >= 4 is 37.3 Å². The molecule has 0 bridgehead atoms. The summed E-state index contributed by atoms with van der Waals surface area (Å²) in [5.74, 6) is -0.937. The number of nitrogens with zero attached hydrogens (tertiary/aromatic N) is 3. The first kappa shape index (κ1) is 26.5. The first-order valence-electron chi connectivity index (χ1n) is 13.0. The average molecular weight is 542 g/mol. The number of amides is 2. The van der Waals surface area contributed by atoms with E-state index in [4.69, 9.17) is 4.74 Å². The molecule has 38 heavy (non-hydrogen) atoms. The van der Waals surface area contributed by atoms with Gasteiger partial charge in [-0.1, -0.05) is 19.1 Å². The molecule has 2 aromatic carbocycles. The molecule has 2 fully saturated rings. The van der Waals surface area contributed by atoms with Gasteiger partial charge < -0.3 is 23.8 Å². The van der Waals surface area contributed by atoms with Crippen LogP contribution >= 0.6 is 0 Å². The first-order chi connectivity index (χ1) is 18.0. The molecule has 0 unspecified atom stereocenters. The Labute approximate surface area is 221 Å². The summed E-state index contributed by atoms with van der Waals surface area (Å²) in [6.07, 6.45) is 0.772. The van der Waals surface area contributed by atoms with Crippen molar-refractivity contribution in [2.24, 2.45) is 5.92 Å². The maximum atomic E-state index is 15.6. The number of benzene rings is 2. The Hall–Kier alpha value is -3.15. The van der Waals surface area contributed by atoms with E-state index in [9.17, 15) is 24.8 Å². The Balaban J connectivity index is 1.58. The fraction of sp³-hybridized carbons (Fsp3) is 0.481. The molecule has 9 nitrogen and oxygen atoms in total. The van der Waals surface area contributed by atoms with Crippen molar-refractivity contribution in [2.75, 3.05) is 23.0 Å². The number of halogens is 1. The lowest BCUT2D eigenvalue weighted by atomic mass is 9.82. The molecule has 4 atom stereocenters. The van der Waals surface area contributed by atoms with Crippen LogP contribution in [0.2, 0.25) is 18.6 Å². The topological polar surface area (TPSA) is 113 Å². The molecule has 5 rings (SSSR count). The molecule has 1 spiro atoms. The van der Waals surface area contributed by atoms with Crippen molar-refractivity contribution in [3.05, 3.63) is 63.7 Å². The van der Waals surface area contributed by atoms with Crippen LogP contribution in [0, 0.1) is 16.0 Å². The second-order valence-corrected chi connectivity index (χ2v) is 14.7. The molecule has 0 aliphatic carbocycles. The molecule has 11 heteroatoms. The standard InChI is InChI=1S/C27H32FN3O6Si/c1-17-25(38(2,3)28)23(11-13-32)37-27(17)21-15-20(31(35)36)9-10-22(21)30(26(27)34)16-18-6-4-7-19(14-18)29-12-5-8-24(29)33/h4,6-7,9-10,14-15,17,23,25,32H,5,8,11-13,16H2,1-3H3/t17-,23+,25-,27+/m1/s1. The highest BCUT2D eigenvalue weighted by molar-refractivity contribution is 6.72. The lowest BCUT2D eigenvalue weighted by molar-refractivity contribution is -0.385. The van der Waals surface area contributed by atoms with E-state index in [2.05, 4.69) is 0 Å². The first-order valence-corrected chi connectivity index (χ1v) is 15.9. The maximum absolute atomic E-state index is 15.6. The number of fused-ring (bicyclic) bond motifs is 2. The molecule has 0 aromatic heterocycles. The minimum atomic E-state index is -3.37. The van der Waals surface area contributed by atoms with Crippen molar-refractivity contribution in [1.29, 1.82) is 0 Å². The van der Waals surface area contributed by atoms with Crippen LogP contribution in [0.15, 0.2) is 42.5 Å². The van der Waals surface area contributed by atoms with Crippen molar-refractivity contribution in [3.63, 3.8) is 0 Å². The lowest BCUT2D eigenvalue weighted by Crippen LogP contribution is -2.45. The normalized spacial score (nSPS) is 27.0. The van der Waals surface area contributed by atoms with Crippen LogP contribution in [-0.2, 0) is 26.5 Å². The van der Waals surface area contributed by atoms with Crippen LogP contribution in [0.25, 0.3) is 0 Å². The van der Waals surface area contributed by atoms with Gasteiger partial charge in [-0.05, 0) is 49.7 Å². The van der Waals surface area contributed by atoms with Gasteiger partial charge in [-0.15, -0.1) is 0 Å². The summed E-state index contributed by atoms with van der Waals surface area (Å²) in [6.45, 7) is 5.48. The highest BCUT2D eigenvalue weighted by atomic mass is 28.4. The number of ether oxygens (including phenoxy) is 1. The third-order valence-corrected chi connectivity index (χ3v) is 10.7. The van der Waals surface area contributed by atoms with Crippen LogP contribution in [0.4, 0.5) is 21.2 Å². The zero-order valence-corrected chi connectivity index (χ0v) is 22.7. The number of nitro benzene ring substituents is 1. The molecule has 2 saturated heterocycles. The SMILES string of the molecule is C[C@@H]1[C@@H]([Si](C)(C)F)[C@H](CCO)O[C@@]12C(=O)N(Cc1cccc(N3CCCC3=O)c1)c1ccc([N+](=O)[O-])cc12. The predicted octanol–water partition coefficient (Wildman–Crippen LogP) is 4.43. The molecule has 0 radical (unpaired) electrons. The van der Waals surface area contributed by atoms with E-state index in [1.807, 2.05) is 24.3 Å². The second kappa shape index (κ2) is 9.55. The van der Waals surface area contributed by atoms with Gasteiger partial charge in [0, 0.05) is 54.4 Å². The third kappa shape index (κ3) is 4.13. The minimum Gasteiger partial charge on any atom is -0.396 e. The molecule has 3 heterocycles. The quantitative estimate of drug-likeness (QED) is 0.240. The van der Waals surface area contributed by atoms with E-state index in [1.165, 1.54) is 12.1 Å². The van der Waals surface area contributed by atoms with Crippen LogP contribution in [0.3, 0.4) is 0 Å². The number of hydrogen-bond acceptors (Lipinski definition) is 6. The summed E-state index contributed by atoms with van der Waals surface area (Å²) in [4.78, 5) is 41.0. The van der Waals surface area contributed by atoms with Crippen LogP contribution < -0.4 is 9.80 Å².